The van der Waals surface area contributed by atoms with E-state index in [1.807, 2.05) is 6.26 Å². The van der Waals surface area contributed by atoms with Gasteiger partial charge in [-0.1, -0.05) is 29.4 Å². The van der Waals surface area contributed by atoms with Crippen LogP contribution in [0.1, 0.15) is 15.9 Å². The largest absolute Gasteiger partial charge is 0.495 e. The number of fused-ring (bicyclic) bond motifs is 1. The zero-order chi connectivity index (χ0) is 23.7. The molecule has 0 saturated heterocycles. The molecule has 11 heteroatoms. The van der Waals surface area contributed by atoms with Crippen molar-refractivity contribution in [3.8, 4) is 17.1 Å². The normalized spacial score (nSPS) is 11.1. The lowest BCUT2D eigenvalue weighted by Crippen LogP contribution is -2.30. The highest BCUT2D eigenvalue weighted by Gasteiger charge is 2.27. The number of ether oxygens (including phenoxy) is 2. The Morgan fingerprint density at radius 3 is 2.64 bits per heavy atom. The topological polar surface area (TPSA) is 101 Å². The summed E-state index contributed by atoms with van der Waals surface area (Å²) in [6.45, 7) is 0.120. The number of methoxy groups -OCH3 is 2. The molecule has 0 aliphatic carbocycles. The van der Waals surface area contributed by atoms with Gasteiger partial charge in [0.1, 0.15) is 22.8 Å². The summed E-state index contributed by atoms with van der Waals surface area (Å²) in [4.78, 5) is 39.9. The van der Waals surface area contributed by atoms with Crippen molar-refractivity contribution in [2.24, 2.45) is 7.05 Å². The van der Waals surface area contributed by atoms with E-state index in [0.29, 0.717) is 38.3 Å². The van der Waals surface area contributed by atoms with Crippen LogP contribution in [0.15, 0.2) is 46.7 Å². The Hall–Kier alpha value is -3.37. The minimum atomic E-state index is -0.768. The lowest BCUT2D eigenvalue weighted by molar-refractivity contribution is 0.0599. The van der Waals surface area contributed by atoms with Gasteiger partial charge in [0.2, 0.25) is 0 Å². The Balaban J connectivity index is 2.07. The second-order valence-corrected chi connectivity index (χ2v) is 8.24. The van der Waals surface area contributed by atoms with Gasteiger partial charge in [0.25, 0.3) is 5.56 Å². The van der Waals surface area contributed by atoms with E-state index in [4.69, 9.17) is 21.1 Å². The van der Waals surface area contributed by atoms with E-state index in [0.717, 1.165) is 5.56 Å². The predicted octanol–water partition coefficient (Wildman–Crippen LogP) is 3.41. The number of aryl methyl sites for hydroxylation is 1. The molecule has 0 spiro atoms. The number of pyridine rings is 1. The molecule has 3 aromatic heterocycles. The van der Waals surface area contributed by atoms with E-state index in [1.165, 1.54) is 30.5 Å². The Morgan fingerprint density at radius 1 is 1.24 bits per heavy atom. The molecule has 4 aromatic rings. The minimum absolute atomic E-state index is 0.120. The summed E-state index contributed by atoms with van der Waals surface area (Å²) in [6, 6.07) is 5.22. The van der Waals surface area contributed by atoms with E-state index >= 15 is 0 Å². The fourth-order valence-corrected chi connectivity index (χ4v) is 4.19. The maximum atomic E-state index is 13.7. The Kier molecular flexibility index (Phi) is 6.39. The number of thioether (sulfide) groups is 1. The summed E-state index contributed by atoms with van der Waals surface area (Å²) in [5, 5.41) is 1.39. The average molecular weight is 486 g/mol. The number of carbonyl (C=O) groups excluding carboxylic acids is 1. The monoisotopic (exact) mass is 485 g/mol. The predicted molar refractivity (Wildman–Crippen MR) is 126 cm³/mol. The van der Waals surface area contributed by atoms with Crippen molar-refractivity contribution in [1.82, 2.24) is 24.1 Å². The van der Waals surface area contributed by atoms with Crippen LogP contribution in [0, 0.1) is 0 Å². The third-order valence-corrected chi connectivity index (χ3v) is 6.01. The number of halogens is 1. The number of benzene rings is 1. The van der Waals surface area contributed by atoms with Gasteiger partial charge in [-0.05, 0) is 24.0 Å². The van der Waals surface area contributed by atoms with Gasteiger partial charge in [-0.3, -0.25) is 9.36 Å². The van der Waals surface area contributed by atoms with E-state index in [9.17, 15) is 9.59 Å². The Labute approximate surface area is 198 Å². The summed E-state index contributed by atoms with van der Waals surface area (Å²) >= 11 is 7.64. The van der Waals surface area contributed by atoms with Gasteiger partial charge in [-0.2, -0.15) is 0 Å². The third kappa shape index (κ3) is 4.07. The first-order valence-corrected chi connectivity index (χ1v) is 11.4. The van der Waals surface area contributed by atoms with Gasteiger partial charge in [-0.15, -0.1) is 0 Å². The molecule has 0 unspecified atom stereocenters. The Bertz CT molecular complexity index is 1430. The first-order valence-electron chi connectivity index (χ1n) is 9.75. The van der Waals surface area contributed by atoms with Crippen LogP contribution in [0.25, 0.3) is 22.4 Å². The van der Waals surface area contributed by atoms with Crippen LogP contribution in [-0.2, 0) is 18.3 Å². The molecule has 9 nitrogen and oxygen atoms in total. The quantitative estimate of drug-likeness (QED) is 0.232. The molecule has 0 bridgehead atoms. The molecule has 0 fully saturated rings. The summed E-state index contributed by atoms with van der Waals surface area (Å²) in [5.41, 5.74) is 0.737. The van der Waals surface area contributed by atoms with E-state index in [1.54, 1.807) is 48.4 Å². The first kappa shape index (κ1) is 22.8. The molecular weight excluding hydrogens is 466 g/mol. The van der Waals surface area contributed by atoms with Crippen LogP contribution < -0.4 is 10.3 Å². The number of nitrogens with zero attached hydrogens (tertiary/aromatic N) is 5. The second-order valence-electron chi connectivity index (χ2n) is 7.06. The fourth-order valence-electron chi connectivity index (χ4n) is 3.58. The van der Waals surface area contributed by atoms with Gasteiger partial charge in [0, 0.05) is 31.0 Å². The average Bonchev–Trinajstić information content (AvgIpc) is 3.25. The van der Waals surface area contributed by atoms with Crippen LogP contribution >= 0.6 is 23.4 Å². The number of esters is 1. The molecule has 4 rings (SSSR count). The van der Waals surface area contributed by atoms with Crippen molar-refractivity contribution in [2.75, 3.05) is 20.5 Å². The number of rotatable bonds is 6. The molecule has 170 valence electrons. The van der Waals surface area contributed by atoms with Crippen molar-refractivity contribution in [1.29, 1.82) is 0 Å². The SMILES string of the molecule is COC(=O)c1c(-c2nccn2C)c2cnc(SC)nc2n(Cc2ccc(OC)c(Cl)c2)c1=O. The zero-order valence-corrected chi connectivity index (χ0v) is 19.9. The summed E-state index contributed by atoms with van der Waals surface area (Å²) in [7, 11) is 4.53. The highest BCUT2D eigenvalue weighted by molar-refractivity contribution is 7.98. The van der Waals surface area contributed by atoms with Gasteiger partial charge in [0.05, 0.1) is 31.4 Å². The lowest BCUT2D eigenvalue weighted by Gasteiger charge is -2.17. The van der Waals surface area contributed by atoms with E-state index in [2.05, 4.69) is 15.0 Å². The van der Waals surface area contributed by atoms with Crippen molar-refractivity contribution in [3.05, 3.63) is 63.3 Å². The van der Waals surface area contributed by atoms with Gasteiger partial charge >= 0.3 is 5.97 Å². The molecule has 0 atom stereocenters. The summed E-state index contributed by atoms with van der Waals surface area (Å²) in [5.74, 6) is 0.179. The lowest BCUT2D eigenvalue weighted by atomic mass is 10.0. The number of aromatic nitrogens is 5. The van der Waals surface area contributed by atoms with E-state index in [-0.39, 0.29) is 12.1 Å². The molecule has 3 heterocycles. The molecule has 1 aromatic carbocycles. The minimum Gasteiger partial charge on any atom is -0.495 e. The molecule has 0 aliphatic heterocycles. The molecule has 0 saturated carbocycles. The molecular formula is C22H20ClN5O4S. The highest BCUT2D eigenvalue weighted by atomic mass is 35.5. The fraction of sp³-hybridized carbons (Fsp3) is 0.227. The van der Waals surface area contributed by atoms with Crippen molar-refractivity contribution < 1.29 is 14.3 Å². The highest BCUT2D eigenvalue weighted by Crippen LogP contribution is 2.31. The van der Waals surface area contributed by atoms with E-state index < -0.39 is 11.5 Å². The summed E-state index contributed by atoms with van der Waals surface area (Å²) in [6.07, 6.45) is 6.76. The van der Waals surface area contributed by atoms with Crippen LogP contribution in [0.5, 0.6) is 5.75 Å². The van der Waals surface area contributed by atoms with Crippen molar-refractivity contribution in [3.63, 3.8) is 0 Å². The standard InChI is InChI=1S/C22H20ClN5O4S/c1-27-8-7-24-19(27)16-13-10-25-22(33-4)26-18(13)28(20(29)17(16)21(30)32-3)11-12-5-6-15(31-2)14(23)9-12/h5-10H,11H2,1-4H3. The smallest absolute Gasteiger partial charge is 0.344 e. The van der Waals surface area contributed by atoms with Crippen molar-refractivity contribution >= 4 is 40.4 Å². The van der Waals surface area contributed by atoms with Crippen LogP contribution in [-0.4, -0.2) is 50.5 Å². The molecule has 33 heavy (non-hydrogen) atoms. The van der Waals surface area contributed by atoms with Crippen LogP contribution in [0.3, 0.4) is 0 Å². The molecule has 0 N–H and O–H groups in total. The van der Waals surface area contributed by atoms with Gasteiger partial charge in [0.15, 0.2) is 5.16 Å². The van der Waals surface area contributed by atoms with Gasteiger partial charge < -0.3 is 14.0 Å². The van der Waals surface area contributed by atoms with Crippen LogP contribution in [0.4, 0.5) is 0 Å². The Morgan fingerprint density at radius 2 is 2.03 bits per heavy atom. The first-order chi connectivity index (χ1) is 15.9. The maximum absolute atomic E-state index is 13.7. The molecule has 0 amide bonds. The zero-order valence-electron chi connectivity index (χ0n) is 18.3. The van der Waals surface area contributed by atoms with Crippen molar-refractivity contribution in [2.45, 2.75) is 11.7 Å². The maximum Gasteiger partial charge on any atom is 0.344 e. The molecule has 0 aliphatic rings. The summed E-state index contributed by atoms with van der Waals surface area (Å²) < 4.78 is 13.3. The second kappa shape index (κ2) is 9.24. The number of carbonyl (C=O) groups is 1. The number of hydrogen-bond donors (Lipinski definition) is 0. The number of imidazole rings is 1. The number of hydrogen-bond acceptors (Lipinski definition) is 8. The van der Waals surface area contributed by atoms with Gasteiger partial charge in [-0.25, -0.2) is 19.7 Å². The molecule has 0 radical (unpaired) electrons. The third-order valence-electron chi connectivity index (χ3n) is 5.15. The van der Waals surface area contributed by atoms with Crippen LogP contribution in [0.2, 0.25) is 5.02 Å².